The van der Waals surface area contributed by atoms with Crippen molar-refractivity contribution in [3.63, 3.8) is 0 Å². The molecule has 2 aromatic rings. The fourth-order valence-corrected chi connectivity index (χ4v) is 2.00. The molecule has 17 heavy (non-hydrogen) atoms. The predicted molar refractivity (Wildman–Crippen MR) is 72.6 cm³/mol. The second-order valence-electron chi connectivity index (χ2n) is 3.52. The van der Waals surface area contributed by atoms with Crippen LogP contribution in [0, 0.1) is 6.92 Å². The van der Waals surface area contributed by atoms with Crippen molar-refractivity contribution in [1.82, 2.24) is 4.98 Å². The van der Waals surface area contributed by atoms with Gasteiger partial charge in [-0.2, -0.15) is 0 Å². The molecule has 3 nitrogen and oxygen atoms in total. The van der Waals surface area contributed by atoms with Crippen molar-refractivity contribution in [3.05, 3.63) is 45.5 Å². The Morgan fingerprint density at radius 3 is 2.82 bits per heavy atom. The van der Waals surface area contributed by atoms with Gasteiger partial charge in [0.05, 0.1) is 10.7 Å². The number of benzene rings is 1. The number of rotatable bonds is 2. The minimum Gasteiger partial charge on any atom is -0.435 e. The second-order valence-corrected chi connectivity index (χ2v) is 4.85. The third-order valence-corrected chi connectivity index (χ3v) is 3.06. The van der Waals surface area contributed by atoms with E-state index in [1.807, 2.05) is 19.1 Å². The number of nitrogen functional groups attached to an aromatic ring is 1. The van der Waals surface area contributed by atoms with Gasteiger partial charge in [0, 0.05) is 10.7 Å². The standard InChI is InChI=1S/C12H10BrClN2O/c1-7-4-5-16-12(11(7)15)17-10-3-2-8(13)6-9(10)14/h2-6H,15H2,1H3. The van der Waals surface area contributed by atoms with Crippen molar-refractivity contribution >= 4 is 33.2 Å². The molecular weight excluding hydrogens is 304 g/mol. The highest BCUT2D eigenvalue weighted by Gasteiger charge is 2.08. The van der Waals surface area contributed by atoms with Gasteiger partial charge >= 0.3 is 0 Å². The summed E-state index contributed by atoms with van der Waals surface area (Å²) in [5.74, 6) is 0.897. The summed E-state index contributed by atoms with van der Waals surface area (Å²) in [4.78, 5) is 4.08. The van der Waals surface area contributed by atoms with Gasteiger partial charge in [0.25, 0.3) is 0 Å². The quantitative estimate of drug-likeness (QED) is 0.904. The first kappa shape index (κ1) is 12.2. The molecular formula is C12H10BrClN2O. The van der Waals surface area contributed by atoms with Crippen LogP contribution in [0.5, 0.6) is 11.6 Å². The number of nitrogens with two attached hydrogens (primary N) is 1. The van der Waals surface area contributed by atoms with E-state index in [-0.39, 0.29) is 0 Å². The highest BCUT2D eigenvalue weighted by atomic mass is 79.9. The van der Waals surface area contributed by atoms with E-state index in [1.54, 1.807) is 18.3 Å². The van der Waals surface area contributed by atoms with Gasteiger partial charge in [0.15, 0.2) is 0 Å². The van der Waals surface area contributed by atoms with Crippen LogP contribution in [0.25, 0.3) is 0 Å². The summed E-state index contributed by atoms with van der Waals surface area (Å²) in [6, 6.07) is 7.18. The van der Waals surface area contributed by atoms with Gasteiger partial charge in [-0.3, -0.25) is 0 Å². The van der Waals surface area contributed by atoms with E-state index >= 15 is 0 Å². The number of hydrogen-bond acceptors (Lipinski definition) is 3. The molecule has 0 amide bonds. The van der Waals surface area contributed by atoms with Crippen LogP contribution in [0.1, 0.15) is 5.56 Å². The molecule has 0 spiro atoms. The van der Waals surface area contributed by atoms with Crippen LogP contribution >= 0.6 is 27.5 Å². The van der Waals surface area contributed by atoms with Crippen LogP contribution in [0.3, 0.4) is 0 Å². The van der Waals surface area contributed by atoms with E-state index in [0.717, 1.165) is 10.0 Å². The Kier molecular flexibility index (Phi) is 3.54. The first-order valence-electron chi connectivity index (χ1n) is 4.92. The normalized spacial score (nSPS) is 10.3. The molecule has 5 heteroatoms. The van der Waals surface area contributed by atoms with E-state index in [1.165, 1.54) is 0 Å². The zero-order valence-electron chi connectivity index (χ0n) is 9.08. The summed E-state index contributed by atoms with van der Waals surface area (Å²) in [6.07, 6.45) is 1.65. The van der Waals surface area contributed by atoms with Crippen molar-refractivity contribution in [2.75, 3.05) is 5.73 Å². The fraction of sp³-hybridized carbons (Fsp3) is 0.0833. The molecule has 0 atom stereocenters. The van der Waals surface area contributed by atoms with Crippen LogP contribution in [0.2, 0.25) is 5.02 Å². The summed E-state index contributed by atoms with van der Waals surface area (Å²) < 4.78 is 6.48. The van der Waals surface area contributed by atoms with Crippen molar-refractivity contribution in [2.24, 2.45) is 0 Å². The van der Waals surface area contributed by atoms with Crippen molar-refractivity contribution in [2.45, 2.75) is 6.92 Å². The first-order chi connectivity index (χ1) is 8.08. The largest absolute Gasteiger partial charge is 0.435 e. The van der Waals surface area contributed by atoms with E-state index in [4.69, 9.17) is 22.1 Å². The molecule has 0 fully saturated rings. The van der Waals surface area contributed by atoms with Crippen LogP contribution < -0.4 is 10.5 Å². The summed E-state index contributed by atoms with van der Waals surface area (Å²) in [7, 11) is 0. The number of aromatic nitrogens is 1. The Balaban J connectivity index is 2.35. The highest BCUT2D eigenvalue weighted by Crippen LogP contribution is 2.33. The van der Waals surface area contributed by atoms with Crippen LogP contribution in [-0.2, 0) is 0 Å². The number of halogens is 2. The van der Waals surface area contributed by atoms with E-state index in [0.29, 0.717) is 22.3 Å². The lowest BCUT2D eigenvalue weighted by atomic mass is 10.2. The third kappa shape index (κ3) is 2.70. The lowest BCUT2D eigenvalue weighted by Crippen LogP contribution is -1.97. The van der Waals surface area contributed by atoms with Gasteiger partial charge in [0.2, 0.25) is 5.88 Å². The Morgan fingerprint density at radius 1 is 1.35 bits per heavy atom. The molecule has 88 valence electrons. The molecule has 0 saturated heterocycles. The average molecular weight is 314 g/mol. The maximum absolute atomic E-state index is 6.05. The smallest absolute Gasteiger partial charge is 0.242 e. The van der Waals surface area contributed by atoms with E-state index in [2.05, 4.69) is 20.9 Å². The Morgan fingerprint density at radius 2 is 2.12 bits per heavy atom. The monoisotopic (exact) mass is 312 g/mol. The van der Waals surface area contributed by atoms with Gasteiger partial charge in [-0.25, -0.2) is 4.98 Å². The van der Waals surface area contributed by atoms with E-state index < -0.39 is 0 Å². The molecule has 0 bridgehead atoms. The Hall–Kier alpha value is -1.26. The molecule has 1 aromatic carbocycles. The van der Waals surface area contributed by atoms with Crippen LogP contribution in [0.15, 0.2) is 34.9 Å². The van der Waals surface area contributed by atoms with Crippen molar-refractivity contribution in [1.29, 1.82) is 0 Å². The van der Waals surface area contributed by atoms with Crippen molar-refractivity contribution in [3.8, 4) is 11.6 Å². The fourth-order valence-electron chi connectivity index (χ4n) is 1.29. The SMILES string of the molecule is Cc1ccnc(Oc2ccc(Br)cc2Cl)c1N. The summed E-state index contributed by atoms with van der Waals surface area (Å²) >= 11 is 9.38. The molecule has 0 radical (unpaired) electrons. The highest BCUT2D eigenvalue weighted by molar-refractivity contribution is 9.10. The van der Waals surface area contributed by atoms with Gasteiger partial charge in [-0.05, 0) is 36.8 Å². The summed E-state index contributed by atoms with van der Waals surface area (Å²) in [5, 5.41) is 0.502. The van der Waals surface area contributed by atoms with Gasteiger partial charge < -0.3 is 10.5 Å². The van der Waals surface area contributed by atoms with Crippen LogP contribution in [-0.4, -0.2) is 4.98 Å². The summed E-state index contributed by atoms with van der Waals surface area (Å²) in [6.45, 7) is 1.90. The molecule has 0 saturated carbocycles. The van der Waals surface area contributed by atoms with Gasteiger partial charge in [-0.1, -0.05) is 27.5 Å². The molecule has 2 rings (SSSR count). The maximum Gasteiger partial charge on any atom is 0.242 e. The number of anilines is 1. The Bertz CT molecular complexity index is 560. The maximum atomic E-state index is 6.05. The lowest BCUT2D eigenvalue weighted by molar-refractivity contribution is 0.465. The number of ether oxygens (including phenoxy) is 1. The minimum atomic E-state index is 0.370. The Labute approximate surface area is 113 Å². The summed E-state index contributed by atoms with van der Waals surface area (Å²) in [5.41, 5.74) is 7.31. The molecule has 0 unspecified atom stereocenters. The molecule has 1 heterocycles. The number of nitrogens with zero attached hydrogens (tertiary/aromatic N) is 1. The number of hydrogen-bond donors (Lipinski definition) is 1. The zero-order valence-corrected chi connectivity index (χ0v) is 11.4. The van der Waals surface area contributed by atoms with Crippen molar-refractivity contribution < 1.29 is 4.74 Å². The van der Waals surface area contributed by atoms with Gasteiger partial charge in [-0.15, -0.1) is 0 Å². The van der Waals surface area contributed by atoms with Crippen LogP contribution in [0.4, 0.5) is 5.69 Å². The third-order valence-electron chi connectivity index (χ3n) is 2.27. The van der Waals surface area contributed by atoms with Gasteiger partial charge in [0.1, 0.15) is 5.75 Å². The zero-order chi connectivity index (χ0) is 12.4. The topological polar surface area (TPSA) is 48.1 Å². The van der Waals surface area contributed by atoms with E-state index in [9.17, 15) is 0 Å². The molecule has 1 aromatic heterocycles. The second kappa shape index (κ2) is 4.94. The average Bonchev–Trinajstić information content (AvgIpc) is 2.28. The predicted octanol–water partition coefficient (Wildman–Crippen LogP) is 4.18. The lowest BCUT2D eigenvalue weighted by Gasteiger charge is -2.10. The number of aryl methyl sites for hydroxylation is 1. The molecule has 0 aliphatic carbocycles. The molecule has 0 aliphatic rings. The molecule has 0 aliphatic heterocycles. The minimum absolute atomic E-state index is 0.370. The molecule has 2 N–H and O–H groups in total. The first-order valence-corrected chi connectivity index (χ1v) is 6.09. The number of pyridine rings is 1.